The second-order valence-electron chi connectivity index (χ2n) is 19.5. The Labute approximate surface area is 309 Å². The van der Waals surface area contributed by atoms with Gasteiger partial charge >= 0.3 is 0 Å². The van der Waals surface area contributed by atoms with E-state index in [-0.39, 0.29) is 40.4 Å². The lowest BCUT2D eigenvalue weighted by atomic mass is 9.80. The van der Waals surface area contributed by atoms with Gasteiger partial charge in [-0.15, -0.1) is 0 Å². The van der Waals surface area contributed by atoms with Crippen molar-refractivity contribution < 1.29 is 37.4 Å². The van der Waals surface area contributed by atoms with Crippen LogP contribution in [0.3, 0.4) is 0 Å². The van der Waals surface area contributed by atoms with Gasteiger partial charge in [0.25, 0.3) is 0 Å². The standard InChI is InChI=1S/C39H74O8Si3/c1-28(24-43-25-29-19-21-31(42-12)22-20-29)34-39(11,46-34)35(47-50(17,18)38(8,9)10)32(27-45-49(15,16)37(5,6)7)33(41)30(23-40)26-44-48(13,14)36(2,3)4/h19-23,28,30,32-35,41H,24-27H2,1-18H3/t28-,30-,32-,33+,34+,35-,39?/m0/s1. The van der Waals surface area contributed by atoms with E-state index in [1.54, 1.807) is 7.11 Å². The van der Waals surface area contributed by atoms with Crippen LogP contribution in [-0.2, 0) is 34.2 Å². The smallest absolute Gasteiger partial charge is 0.192 e. The SMILES string of the molecule is COc1ccc(COC[C@H](C)[C@H]2OC2(C)[C@@H](O[Si](C)(C)C(C)(C)C)[C@@H](CO[Si](C)(C)C(C)(C)C)[C@H](O)[C@@H](C=O)CO[Si](C)(C)C(C)(C)C)cc1. The third-order valence-corrected chi connectivity index (χ3v) is 25.8. The van der Waals surface area contributed by atoms with Crippen molar-refractivity contribution in [3.05, 3.63) is 29.8 Å². The van der Waals surface area contributed by atoms with Crippen LogP contribution in [0.5, 0.6) is 5.75 Å². The molecular formula is C39H74O8Si3. The molecule has 8 nitrogen and oxygen atoms in total. The molecule has 0 spiro atoms. The van der Waals surface area contributed by atoms with Crippen molar-refractivity contribution in [2.75, 3.05) is 26.9 Å². The van der Waals surface area contributed by atoms with Gasteiger partial charge in [-0.2, -0.15) is 0 Å². The molecule has 0 saturated carbocycles. The number of benzene rings is 1. The second-order valence-corrected chi connectivity index (χ2v) is 33.8. The van der Waals surface area contributed by atoms with E-state index in [1.165, 1.54) is 0 Å². The average molecular weight is 755 g/mol. The Bertz CT molecular complexity index is 1220. The summed E-state index contributed by atoms with van der Waals surface area (Å²) in [6.07, 6.45) is -0.870. The number of aliphatic hydroxyl groups excluding tert-OH is 1. The molecule has 1 heterocycles. The lowest BCUT2D eigenvalue weighted by molar-refractivity contribution is -0.121. The Morgan fingerprint density at radius 2 is 1.30 bits per heavy atom. The number of aldehydes is 1. The molecule has 7 atom stereocenters. The minimum Gasteiger partial charge on any atom is -0.497 e. The maximum Gasteiger partial charge on any atom is 0.192 e. The van der Waals surface area contributed by atoms with E-state index in [4.69, 9.17) is 27.5 Å². The zero-order chi connectivity index (χ0) is 38.7. The Balaban J connectivity index is 2.49. The maximum absolute atomic E-state index is 12.8. The molecule has 11 heteroatoms. The first-order valence-corrected chi connectivity index (χ1v) is 27.2. The van der Waals surface area contributed by atoms with Crippen LogP contribution in [0, 0.1) is 17.8 Å². The van der Waals surface area contributed by atoms with Gasteiger partial charge in [0, 0.05) is 25.0 Å². The number of methoxy groups -OCH3 is 1. The van der Waals surface area contributed by atoms with Gasteiger partial charge in [0.2, 0.25) is 0 Å². The van der Waals surface area contributed by atoms with Crippen molar-refractivity contribution in [3.8, 4) is 5.75 Å². The zero-order valence-corrected chi connectivity index (χ0v) is 38.0. The van der Waals surface area contributed by atoms with Gasteiger partial charge in [-0.3, -0.25) is 0 Å². The highest BCUT2D eigenvalue weighted by molar-refractivity contribution is 6.75. The van der Waals surface area contributed by atoms with Crippen LogP contribution in [0.25, 0.3) is 0 Å². The summed E-state index contributed by atoms with van der Waals surface area (Å²) in [6, 6.07) is 7.90. The first-order chi connectivity index (χ1) is 22.5. The van der Waals surface area contributed by atoms with Crippen LogP contribution in [0.15, 0.2) is 24.3 Å². The van der Waals surface area contributed by atoms with E-state index in [0.717, 1.165) is 17.6 Å². The molecule has 1 aromatic rings. The number of rotatable bonds is 19. The lowest BCUT2D eigenvalue weighted by Crippen LogP contribution is -2.57. The fourth-order valence-corrected chi connectivity index (χ4v) is 8.87. The number of hydrogen-bond acceptors (Lipinski definition) is 8. The van der Waals surface area contributed by atoms with Gasteiger partial charge in [-0.1, -0.05) is 81.4 Å². The molecule has 1 saturated heterocycles. The van der Waals surface area contributed by atoms with E-state index < -0.39 is 54.6 Å². The first kappa shape index (κ1) is 45.3. The van der Waals surface area contributed by atoms with Crippen LogP contribution >= 0.6 is 0 Å². The topological polar surface area (TPSA) is 96.0 Å². The summed E-state index contributed by atoms with van der Waals surface area (Å²) in [5.41, 5.74) is 0.358. The molecule has 0 radical (unpaired) electrons. The highest BCUT2D eigenvalue weighted by atomic mass is 28.4. The third-order valence-electron chi connectivity index (χ3n) is 12.3. The summed E-state index contributed by atoms with van der Waals surface area (Å²) in [5, 5.41) is 12.2. The fraction of sp³-hybridized carbons (Fsp3) is 0.821. The normalized spacial score (nSPS) is 22.4. The molecular weight excluding hydrogens is 681 g/mol. The van der Waals surface area contributed by atoms with Crippen LogP contribution in [0.1, 0.15) is 81.7 Å². The Morgan fingerprint density at radius 1 is 0.820 bits per heavy atom. The van der Waals surface area contributed by atoms with Crippen molar-refractivity contribution in [2.24, 2.45) is 17.8 Å². The molecule has 0 aliphatic carbocycles. The molecule has 1 aliphatic heterocycles. The summed E-state index contributed by atoms with van der Waals surface area (Å²) < 4.78 is 38.9. The molecule has 0 aromatic heterocycles. The van der Waals surface area contributed by atoms with Crippen molar-refractivity contribution in [1.82, 2.24) is 0 Å². The van der Waals surface area contributed by atoms with Gasteiger partial charge in [-0.05, 0) is 79.0 Å². The third kappa shape index (κ3) is 11.3. The monoisotopic (exact) mass is 754 g/mol. The van der Waals surface area contributed by atoms with Gasteiger partial charge in [-0.25, -0.2) is 0 Å². The van der Waals surface area contributed by atoms with Crippen molar-refractivity contribution in [3.63, 3.8) is 0 Å². The highest BCUT2D eigenvalue weighted by Gasteiger charge is 2.64. The Morgan fingerprint density at radius 3 is 1.74 bits per heavy atom. The molecule has 1 unspecified atom stereocenters. The molecule has 290 valence electrons. The van der Waals surface area contributed by atoms with Crippen LogP contribution in [-0.4, -0.2) is 87.2 Å². The molecule has 1 aromatic carbocycles. The van der Waals surface area contributed by atoms with Crippen LogP contribution in [0.4, 0.5) is 0 Å². The molecule has 2 rings (SSSR count). The van der Waals surface area contributed by atoms with Gasteiger partial charge < -0.3 is 37.4 Å². The van der Waals surface area contributed by atoms with Gasteiger partial charge in [0.15, 0.2) is 25.0 Å². The number of ether oxygens (including phenoxy) is 3. The molecule has 50 heavy (non-hydrogen) atoms. The minimum absolute atomic E-state index is 0.0294. The molecule has 0 amide bonds. The summed E-state index contributed by atoms with van der Waals surface area (Å²) in [6.45, 7) is 38.7. The summed E-state index contributed by atoms with van der Waals surface area (Å²) >= 11 is 0. The van der Waals surface area contributed by atoms with Crippen LogP contribution < -0.4 is 4.74 Å². The predicted octanol–water partition coefficient (Wildman–Crippen LogP) is 9.23. The number of carbonyl (C=O) groups is 1. The Hall–Kier alpha value is -0.899. The van der Waals surface area contributed by atoms with E-state index in [1.807, 2.05) is 24.3 Å². The summed E-state index contributed by atoms with van der Waals surface area (Å²) in [5.74, 6) is -0.395. The molecule has 1 fully saturated rings. The second kappa shape index (κ2) is 16.6. The first-order valence-electron chi connectivity index (χ1n) is 18.5. The number of aliphatic hydroxyl groups is 1. The minimum atomic E-state index is -2.41. The lowest BCUT2D eigenvalue weighted by Gasteiger charge is -2.46. The maximum atomic E-state index is 12.8. The molecule has 1 aliphatic rings. The number of epoxide rings is 1. The van der Waals surface area contributed by atoms with Crippen molar-refractivity contribution in [1.29, 1.82) is 0 Å². The average Bonchev–Trinajstić information content (AvgIpc) is 3.67. The quantitative estimate of drug-likeness (QED) is 0.0849. The number of carbonyl (C=O) groups excluding carboxylic acids is 1. The highest BCUT2D eigenvalue weighted by Crippen LogP contribution is 2.51. The van der Waals surface area contributed by atoms with E-state index in [0.29, 0.717) is 13.2 Å². The Kier molecular flexibility index (Phi) is 15.1. The van der Waals surface area contributed by atoms with Gasteiger partial charge in [0.1, 0.15) is 17.6 Å². The molecule has 1 N–H and O–H groups in total. The van der Waals surface area contributed by atoms with Gasteiger partial charge in [0.05, 0.1) is 44.6 Å². The van der Waals surface area contributed by atoms with Crippen molar-refractivity contribution in [2.45, 2.75) is 161 Å². The summed E-state index contributed by atoms with van der Waals surface area (Å²) in [7, 11) is -5.18. The van der Waals surface area contributed by atoms with Crippen molar-refractivity contribution >= 4 is 31.2 Å². The fourth-order valence-electron chi connectivity index (χ4n) is 5.39. The number of hydrogen-bond donors (Lipinski definition) is 1. The van der Waals surface area contributed by atoms with E-state index in [9.17, 15) is 9.90 Å². The van der Waals surface area contributed by atoms with E-state index in [2.05, 4.69) is 115 Å². The largest absolute Gasteiger partial charge is 0.497 e. The predicted molar refractivity (Wildman–Crippen MR) is 213 cm³/mol. The molecule has 0 bridgehead atoms. The summed E-state index contributed by atoms with van der Waals surface area (Å²) in [4.78, 5) is 12.8. The zero-order valence-electron chi connectivity index (χ0n) is 35.0. The van der Waals surface area contributed by atoms with Crippen LogP contribution in [0.2, 0.25) is 54.4 Å². The van der Waals surface area contributed by atoms with E-state index >= 15 is 0 Å².